The Hall–Kier alpha value is -1.23. The summed E-state index contributed by atoms with van der Waals surface area (Å²) in [5, 5.41) is 2.18. The summed E-state index contributed by atoms with van der Waals surface area (Å²) < 4.78 is 0. The molecule has 14 heavy (non-hydrogen) atoms. The van der Waals surface area contributed by atoms with Gasteiger partial charge in [-0.15, -0.1) is 0 Å². The fourth-order valence-corrected chi connectivity index (χ4v) is 2.23. The quantitative estimate of drug-likeness (QED) is 0.376. The number of nitrogens with two attached hydrogens (primary N) is 1. The van der Waals surface area contributed by atoms with E-state index >= 15 is 0 Å². The first-order chi connectivity index (χ1) is 6.52. The molecule has 5 heteroatoms. The van der Waals surface area contributed by atoms with E-state index in [0.29, 0.717) is 6.42 Å². The second-order valence-electron chi connectivity index (χ2n) is 4.08. The lowest BCUT2D eigenvalue weighted by molar-refractivity contribution is -0.137. The molecule has 1 unspecified atom stereocenters. The zero-order chi connectivity index (χ0) is 10.5. The highest BCUT2D eigenvalue weighted by Crippen LogP contribution is 2.34. The Morgan fingerprint density at radius 3 is 2.57 bits per heavy atom. The molecular formula is C9H12N2O3. The van der Waals surface area contributed by atoms with Crippen LogP contribution in [0, 0.1) is 17.8 Å². The summed E-state index contributed by atoms with van der Waals surface area (Å²) in [6, 6.07) is -0.604. The maximum absolute atomic E-state index is 11.6. The summed E-state index contributed by atoms with van der Waals surface area (Å²) >= 11 is 0. The van der Waals surface area contributed by atoms with Gasteiger partial charge in [-0.25, -0.2) is 0 Å². The highest BCUT2D eigenvalue weighted by atomic mass is 16.2. The topological polar surface area (TPSA) is 89.3 Å². The molecule has 1 aliphatic heterocycles. The molecule has 0 aromatic heterocycles. The minimum Gasteiger partial charge on any atom is -0.321 e. The van der Waals surface area contributed by atoms with Crippen LogP contribution in [0.2, 0.25) is 0 Å². The van der Waals surface area contributed by atoms with Crippen LogP contribution in [-0.4, -0.2) is 23.6 Å². The van der Waals surface area contributed by atoms with Gasteiger partial charge in [-0.1, -0.05) is 6.92 Å². The van der Waals surface area contributed by atoms with Crippen LogP contribution in [0.5, 0.6) is 0 Å². The van der Waals surface area contributed by atoms with Crippen molar-refractivity contribution >= 4 is 17.6 Å². The number of fused-ring (bicyclic) bond motifs is 1. The van der Waals surface area contributed by atoms with Gasteiger partial charge < -0.3 is 5.73 Å². The molecule has 0 aromatic carbocycles. The van der Waals surface area contributed by atoms with Gasteiger partial charge in [0.2, 0.25) is 11.8 Å². The third-order valence-corrected chi connectivity index (χ3v) is 3.14. The van der Waals surface area contributed by atoms with E-state index in [1.807, 2.05) is 6.92 Å². The summed E-state index contributed by atoms with van der Waals surface area (Å²) in [7, 11) is 0. The Bertz CT molecular complexity index is 326. The zero-order valence-corrected chi connectivity index (χ0v) is 7.82. The lowest BCUT2D eigenvalue weighted by Crippen LogP contribution is -2.49. The number of amides is 2. The first-order valence-electron chi connectivity index (χ1n) is 4.66. The Morgan fingerprint density at radius 2 is 1.93 bits per heavy atom. The van der Waals surface area contributed by atoms with E-state index in [2.05, 4.69) is 5.32 Å². The number of ketones is 1. The second-order valence-corrected chi connectivity index (χ2v) is 4.08. The van der Waals surface area contributed by atoms with Crippen molar-refractivity contribution in [2.45, 2.75) is 19.4 Å². The van der Waals surface area contributed by atoms with E-state index in [0.717, 1.165) is 0 Å². The van der Waals surface area contributed by atoms with Crippen molar-refractivity contribution in [1.82, 2.24) is 5.32 Å². The molecule has 0 radical (unpaired) electrons. The summed E-state index contributed by atoms with van der Waals surface area (Å²) in [6.07, 6.45) is 0.523. The largest absolute Gasteiger partial charge is 0.321 e. The number of Topliss-reactive ketones (excluding diaryl/α,β-unsaturated/α-hetero) is 1. The van der Waals surface area contributed by atoms with Crippen molar-refractivity contribution in [1.29, 1.82) is 0 Å². The van der Waals surface area contributed by atoms with Gasteiger partial charge in [0.05, 0.1) is 12.0 Å². The molecule has 0 spiro atoms. The highest BCUT2D eigenvalue weighted by Gasteiger charge is 2.52. The van der Waals surface area contributed by atoms with Crippen LogP contribution in [0.4, 0.5) is 0 Å². The average Bonchev–Trinajstić information content (AvgIpc) is 2.38. The maximum atomic E-state index is 11.6. The molecule has 2 fully saturated rings. The van der Waals surface area contributed by atoms with Crippen molar-refractivity contribution in [2.24, 2.45) is 23.5 Å². The smallest absolute Gasteiger partial charge is 0.238 e. The van der Waals surface area contributed by atoms with E-state index < -0.39 is 23.8 Å². The molecule has 3 N–H and O–H groups in total. The van der Waals surface area contributed by atoms with Gasteiger partial charge in [-0.3, -0.25) is 19.7 Å². The molecule has 0 aromatic rings. The maximum Gasteiger partial charge on any atom is 0.238 e. The zero-order valence-electron chi connectivity index (χ0n) is 7.82. The predicted molar refractivity (Wildman–Crippen MR) is 46.9 cm³/mol. The molecule has 4 atom stereocenters. The average molecular weight is 196 g/mol. The molecule has 1 aliphatic carbocycles. The van der Waals surface area contributed by atoms with Crippen molar-refractivity contribution in [2.75, 3.05) is 0 Å². The third kappa shape index (κ3) is 1.09. The van der Waals surface area contributed by atoms with Crippen LogP contribution in [-0.2, 0) is 14.4 Å². The van der Waals surface area contributed by atoms with Crippen molar-refractivity contribution < 1.29 is 14.4 Å². The van der Waals surface area contributed by atoms with Crippen LogP contribution in [0.15, 0.2) is 0 Å². The number of carbonyl (C=O) groups excluding carboxylic acids is 3. The minimum atomic E-state index is -0.825. The first-order valence-corrected chi connectivity index (χ1v) is 4.66. The fraction of sp³-hybridized carbons (Fsp3) is 0.667. The fourth-order valence-electron chi connectivity index (χ4n) is 2.23. The first kappa shape index (κ1) is 9.33. The predicted octanol–water partition coefficient (Wildman–Crippen LogP) is -1.19. The van der Waals surface area contributed by atoms with Gasteiger partial charge in [-0.05, 0) is 12.3 Å². The van der Waals surface area contributed by atoms with E-state index in [1.165, 1.54) is 0 Å². The van der Waals surface area contributed by atoms with Crippen LogP contribution in [0.25, 0.3) is 0 Å². The number of imide groups is 1. The monoisotopic (exact) mass is 196 g/mol. The lowest BCUT2D eigenvalue weighted by Gasteiger charge is -2.30. The molecular weight excluding hydrogens is 184 g/mol. The molecule has 1 saturated heterocycles. The van der Waals surface area contributed by atoms with Crippen molar-refractivity contribution in [3.8, 4) is 0 Å². The number of hydrogen-bond donors (Lipinski definition) is 2. The molecule has 2 amide bonds. The third-order valence-electron chi connectivity index (χ3n) is 3.14. The number of rotatable bonds is 0. The van der Waals surface area contributed by atoms with Crippen molar-refractivity contribution in [3.05, 3.63) is 0 Å². The molecule has 0 bridgehead atoms. The van der Waals surface area contributed by atoms with E-state index in [4.69, 9.17) is 5.73 Å². The molecule has 2 aliphatic rings. The van der Waals surface area contributed by atoms with Crippen LogP contribution in [0.1, 0.15) is 13.3 Å². The molecule has 1 heterocycles. The Balaban J connectivity index is 2.33. The van der Waals surface area contributed by atoms with Gasteiger partial charge in [0.15, 0.2) is 5.78 Å². The number of nitrogens with one attached hydrogen (secondary N) is 1. The van der Waals surface area contributed by atoms with E-state index in [-0.39, 0.29) is 17.6 Å². The molecule has 76 valence electrons. The second kappa shape index (κ2) is 2.88. The molecule has 1 saturated carbocycles. The highest BCUT2D eigenvalue weighted by molar-refractivity contribution is 6.17. The van der Waals surface area contributed by atoms with E-state index in [9.17, 15) is 14.4 Å². The van der Waals surface area contributed by atoms with Gasteiger partial charge in [0.1, 0.15) is 5.92 Å². The van der Waals surface area contributed by atoms with Crippen LogP contribution < -0.4 is 11.1 Å². The molecule has 5 nitrogen and oxygen atoms in total. The summed E-state index contributed by atoms with van der Waals surface area (Å²) in [5.41, 5.74) is 5.64. The SMILES string of the molecule is CC1C[C@@H]2C(=O)NC(=O)[C@H]2C(=O)[C@H]1N. The summed E-state index contributed by atoms with van der Waals surface area (Å²) in [4.78, 5) is 34.2. The van der Waals surface area contributed by atoms with Crippen LogP contribution >= 0.6 is 0 Å². The normalized spacial score (nSPS) is 42.3. The summed E-state index contributed by atoms with van der Waals surface area (Å²) in [6.45, 7) is 1.83. The molecule has 2 rings (SSSR count). The Kier molecular flexibility index (Phi) is 1.92. The number of carbonyl (C=O) groups is 3. The van der Waals surface area contributed by atoms with E-state index in [1.54, 1.807) is 0 Å². The summed E-state index contributed by atoms with van der Waals surface area (Å²) in [5.74, 6) is -2.43. The number of hydrogen-bond acceptors (Lipinski definition) is 4. The van der Waals surface area contributed by atoms with Gasteiger partial charge >= 0.3 is 0 Å². The Morgan fingerprint density at radius 1 is 1.29 bits per heavy atom. The minimum absolute atomic E-state index is 0.0274. The van der Waals surface area contributed by atoms with Crippen molar-refractivity contribution in [3.63, 3.8) is 0 Å². The standard InChI is InChI=1S/C9H12N2O3/c1-3-2-4-5(7(12)6(3)10)9(14)11-8(4)13/h3-6H,2,10H2,1H3,(H,11,13,14)/t3?,4-,5+,6-/m0/s1. The lowest BCUT2D eigenvalue weighted by atomic mass is 9.72. The Labute approximate surface area is 81.0 Å². The van der Waals surface area contributed by atoms with Gasteiger partial charge in [-0.2, -0.15) is 0 Å². The van der Waals surface area contributed by atoms with Gasteiger partial charge in [0, 0.05) is 0 Å². The van der Waals surface area contributed by atoms with Gasteiger partial charge in [0.25, 0.3) is 0 Å². The van der Waals surface area contributed by atoms with Crippen LogP contribution in [0.3, 0.4) is 0 Å².